The minimum Gasteiger partial charge on any atom is -0.452 e. The highest BCUT2D eigenvalue weighted by atomic mass is 16.5. The molecule has 2 amide bonds. The van der Waals surface area contributed by atoms with E-state index in [1.54, 1.807) is 14.0 Å². The summed E-state index contributed by atoms with van der Waals surface area (Å²) in [6, 6.07) is 9.56. The Morgan fingerprint density at radius 1 is 1.23 bits per heavy atom. The van der Waals surface area contributed by atoms with E-state index in [2.05, 4.69) is 5.32 Å². The van der Waals surface area contributed by atoms with E-state index < -0.39 is 12.1 Å². The molecule has 1 atom stereocenters. The van der Waals surface area contributed by atoms with Gasteiger partial charge in [0.1, 0.15) is 0 Å². The Kier molecular flexibility index (Phi) is 7.08. The zero-order chi connectivity index (χ0) is 16.5. The lowest BCUT2D eigenvalue weighted by Gasteiger charge is -2.21. The number of nitrogens with one attached hydrogen (secondary N) is 1. The molecule has 0 aliphatic carbocycles. The summed E-state index contributed by atoms with van der Waals surface area (Å²) in [4.78, 5) is 35.9. The third-order valence-corrected chi connectivity index (χ3v) is 3.00. The molecular formula is C16H22N2O4. The number of rotatable bonds is 7. The van der Waals surface area contributed by atoms with E-state index >= 15 is 0 Å². The predicted molar refractivity (Wildman–Crippen MR) is 81.8 cm³/mol. The standard InChI is InChI=1S/C16H22N2O4/c1-12(22-15(20)9-10-17-13(2)19)16(21)18(3)11-14-7-5-4-6-8-14/h4-8,12H,9-11H2,1-3H3,(H,17,19)/t12-/m1/s1. The third-order valence-electron chi connectivity index (χ3n) is 3.00. The highest BCUT2D eigenvalue weighted by molar-refractivity contribution is 5.83. The summed E-state index contributed by atoms with van der Waals surface area (Å²) in [6.45, 7) is 3.57. The molecule has 0 bridgehead atoms. The maximum absolute atomic E-state index is 12.1. The molecule has 1 aromatic carbocycles. The van der Waals surface area contributed by atoms with Crippen molar-refractivity contribution in [3.05, 3.63) is 35.9 Å². The lowest BCUT2D eigenvalue weighted by molar-refractivity contribution is -0.158. The van der Waals surface area contributed by atoms with Crippen molar-refractivity contribution in [2.24, 2.45) is 0 Å². The lowest BCUT2D eigenvalue weighted by Crippen LogP contribution is -2.37. The number of amides is 2. The first-order valence-corrected chi connectivity index (χ1v) is 7.13. The fraction of sp³-hybridized carbons (Fsp3) is 0.438. The van der Waals surface area contributed by atoms with Crippen molar-refractivity contribution < 1.29 is 19.1 Å². The molecule has 0 saturated carbocycles. The molecule has 6 heteroatoms. The van der Waals surface area contributed by atoms with Crippen molar-refractivity contribution in [2.75, 3.05) is 13.6 Å². The van der Waals surface area contributed by atoms with Crippen LogP contribution in [0.25, 0.3) is 0 Å². The number of esters is 1. The molecule has 0 spiro atoms. The van der Waals surface area contributed by atoms with E-state index in [0.717, 1.165) is 5.56 Å². The summed E-state index contributed by atoms with van der Waals surface area (Å²) in [5.41, 5.74) is 1.00. The molecule has 6 nitrogen and oxygen atoms in total. The van der Waals surface area contributed by atoms with Crippen LogP contribution in [-0.4, -0.2) is 42.4 Å². The van der Waals surface area contributed by atoms with Crippen LogP contribution in [0, 0.1) is 0 Å². The van der Waals surface area contributed by atoms with Crippen LogP contribution in [0.15, 0.2) is 30.3 Å². The largest absolute Gasteiger partial charge is 0.452 e. The number of nitrogens with zero attached hydrogens (tertiary/aromatic N) is 1. The van der Waals surface area contributed by atoms with Gasteiger partial charge in [-0.05, 0) is 12.5 Å². The first-order valence-electron chi connectivity index (χ1n) is 7.13. The number of carbonyl (C=O) groups is 3. The molecule has 0 unspecified atom stereocenters. The Balaban J connectivity index is 2.40. The number of likely N-dealkylation sites (N-methyl/N-ethyl adjacent to an activating group) is 1. The quantitative estimate of drug-likeness (QED) is 0.766. The lowest BCUT2D eigenvalue weighted by atomic mass is 10.2. The van der Waals surface area contributed by atoms with Crippen molar-refractivity contribution in [1.29, 1.82) is 0 Å². The van der Waals surface area contributed by atoms with E-state index in [0.29, 0.717) is 6.54 Å². The van der Waals surface area contributed by atoms with E-state index in [1.807, 2.05) is 30.3 Å². The molecule has 1 aromatic rings. The molecule has 1 N–H and O–H groups in total. The van der Waals surface area contributed by atoms with Crippen LogP contribution < -0.4 is 5.32 Å². The second kappa shape index (κ2) is 8.81. The van der Waals surface area contributed by atoms with Gasteiger partial charge in [-0.15, -0.1) is 0 Å². The Hall–Kier alpha value is -2.37. The van der Waals surface area contributed by atoms with Crippen LogP contribution >= 0.6 is 0 Å². The minimum absolute atomic E-state index is 0.0413. The van der Waals surface area contributed by atoms with Crippen LogP contribution in [-0.2, 0) is 25.7 Å². The van der Waals surface area contributed by atoms with Crippen molar-refractivity contribution >= 4 is 17.8 Å². The van der Waals surface area contributed by atoms with E-state index in [-0.39, 0.29) is 24.8 Å². The van der Waals surface area contributed by atoms with Gasteiger partial charge in [0.15, 0.2) is 6.10 Å². The third kappa shape index (κ3) is 6.39. The van der Waals surface area contributed by atoms with E-state index in [4.69, 9.17) is 4.74 Å². The smallest absolute Gasteiger partial charge is 0.308 e. The van der Waals surface area contributed by atoms with Crippen LogP contribution in [0.4, 0.5) is 0 Å². The molecule has 0 fully saturated rings. The Bertz CT molecular complexity index is 516. The van der Waals surface area contributed by atoms with Crippen molar-refractivity contribution in [1.82, 2.24) is 10.2 Å². The number of hydrogen-bond donors (Lipinski definition) is 1. The van der Waals surface area contributed by atoms with Gasteiger partial charge in [0.05, 0.1) is 6.42 Å². The summed E-state index contributed by atoms with van der Waals surface area (Å²) in [5.74, 6) is -0.987. The Morgan fingerprint density at radius 2 is 1.86 bits per heavy atom. The second-order valence-electron chi connectivity index (χ2n) is 5.04. The van der Waals surface area contributed by atoms with Crippen molar-refractivity contribution in [3.8, 4) is 0 Å². The zero-order valence-corrected chi connectivity index (χ0v) is 13.2. The van der Waals surface area contributed by atoms with Gasteiger partial charge in [-0.1, -0.05) is 30.3 Å². The molecule has 22 heavy (non-hydrogen) atoms. The van der Waals surface area contributed by atoms with Crippen molar-refractivity contribution in [3.63, 3.8) is 0 Å². The summed E-state index contributed by atoms with van der Waals surface area (Å²) in [6.07, 6.45) is -0.807. The predicted octanol–water partition coefficient (Wildman–Crippen LogP) is 1.10. The second-order valence-corrected chi connectivity index (χ2v) is 5.04. The maximum atomic E-state index is 12.1. The molecule has 0 saturated heterocycles. The molecule has 0 aliphatic rings. The number of hydrogen-bond acceptors (Lipinski definition) is 4. The SMILES string of the molecule is CC(=O)NCCC(=O)O[C@H](C)C(=O)N(C)Cc1ccccc1. The summed E-state index contributed by atoms with van der Waals surface area (Å²) in [7, 11) is 1.66. The van der Waals surface area contributed by atoms with Gasteiger partial charge >= 0.3 is 5.97 Å². The van der Waals surface area contributed by atoms with Gasteiger partial charge in [0.2, 0.25) is 5.91 Å². The van der Waals surface area contributed by atoms with Gasteiger partial charge in [0.25, 0.3) is 5.91 Å². The first-order chi connectivity index (χ1) is 10.4. The summed E-state index contributed by atoms with van der Waals surface area (Å²) >= 11 is 0. The van der Waals surface area contributed by atoms with Gasteiger partial charge in [-0.2, -0.15) is 0 Å². The van der Waals surface area contributed by atoms with E-state index in [9.17, 15) is 14.4 Å². The summed E-state index contributed by atoms with van der Waals surface area (Å²) in [5, 5.41) is 2.50. The minimum atomic E-state index is -0.849. The molecule has 0 aliphatic heterocycles. The Morgan fingerprint density at radius 3 is 2.45 bits per heavy atom. The number of benzene rings is 1. The number of ether oxygens (including phenoxy) is 1. The molecular weight excluding hydrogens is 284 g/mol. The molecule has 0 radical (unpaired) electrons. The van der Waals surface area contributed by atoms with Gasteiger partial charge in [-0.3, -0.25) is 14.4 Å². The average Bonchev–Trinajstić information content (AvgIpc) is 2.46. The van der Waals surface area contributed by atoms with Gasteiger partial charge in [0, 0.05) is 27.1 Å². The zero-order valence-electron chi connectivity index (χ0n) is 13.2. The molecule has 1 rings (SSSR count). The normalized spacial score (nSPS) is 11.4. The van der Waals surface area contributed by atoms with Crippen LogP contribution in [0.2, 0.25) is 0 Å². The average molecular weight is 306 g/mol. The molecule has 0 aromatic heterocycles. The number of carbonyl (C=O) groups excluding carboxylic acids is 3. The highest BCUT2D eigenvalue weighted by Crippen LogP contribution is 2.06. The topological polar surface area (TPSA) is 75.7 Å². The maximum Gasteiger partial charge on any atom is 0.308 e. The summed E-state index contributed by atoms with van der Waals surface area (Å²) < 4.78 is 5.07. The van der Waals surface area contributed by atoms with Gasteiger partial charge in [-0.25, -0.2) is 0 Å². The molecule has 120 valence electrons. The monoisotopic (exact) mass is 306 g/mol. The van der Waals surface area contributed by atoms with Crippen molar-refractivity contribution in [2.45, 2.75) is 32.9 Å². The fourth-order valence-electron chi connectivity index (χ4n) is 1.89. The van der Waals surface area contributed by atoms with Crippen LogP contribution in [0.3, 0.4) is 0 Å². The first kappa shape index (κ1) is 17.7. The Labute approximate surface area is 130 Å². The molecule has 0 heterocycles. The highest BCUT2D eigenvalue weighted by Gasteiger charge is 2.21. The van der Waals surface area contributed by atoms with E-state index in [1.165, 1.54) is 11.8 Å². The van der Waals surface area contributed by atoms with Crippen LogP contribution in [0.1, 0.15) is 25.8 Å². The van der Waals surface area contributed by atoms with Gasteiger partial charge < -0.3 is 15.0 Å². The van der Waals surface area contributed by atoms with Crippen LogP contribution in [0.5, 0.6) is 0 Å². The fourth-order valence-corrected chi connectivity index (χ4v) is 1.89.